The first-order valence-corrected chi connectivity index (χ1v) is 9.62. The Hall–Kier alpha value is -3.43. The summed E-state index contributed by atoms with van der Waals surface area (Å²) in [6.45, 7) is 4.13. The van der Waals surface area contributed by atoms with Crippen LogP contribution in [-0.4, -0.2) is 67.7 Å². The minimum atomic E-state index is -2.06. The molecule has 0 radical (unpaired) electrons. The van der Waals surface area contributed by atoms with Gasteiger partial charge in [-0.15, -0.1) is 0 Å². The summed E-state index contributed by atoms with van der Waals surface area (Å²) in [5, 5.41) is 0. The third-order valence-corrected chi connectivity index (χ3v) is 4.99. The molecule has 0 saturated heterocycles. The van der Waals surface area contributed by atoms with Gasteiger partial charge in [-0.25, -0.2) is 19.2 Å². The van der Waals surface area contributed by atoms with Crippen LogP contribution in [0.25, 0.3) is 0 Å². The van der Waals surface area contributed by atoms with Crippen molar-refractivity contribution >= 4 is 29.8 Å². The number of fused-ring (bicyclic) bond motifs is 1. The van der Waals surface area contributed by atoms with Crippen LogP contribution in [0.2, 0.25) is 0 Å². The van der Waals surface area contributed by atoms with Crippen LogP contribution in [0.15, 0.2) is 12.1 Å². The van der Waals surface area contributed by atoms with Crippen molar-refractivity contribution in [2.45, 2.75) is 39.3 Å². The van der Waals surface area contributed by atoms with Gasteiger partial charge in [0.1, 0.15) is 0 Å². The molecule has 0 atom stereocenters. The molecule has 1 aliphatic rings. The molecule has 0 fully saturated rings. The SMILES string of the molecule is CCOC(=O)C1(C(=O)OCC)Cc2cc(C(=O)OC)c(C(=O)OC)cc2CN1C(C)=O. The fourth-order valence-corrected chi connectivity index (χ4v) is 3.56. The molecule has 31 heavy (non-hydrogen) atoms. The molecule has 1 aliphatic heterocycles. The molecule has 2 rings (SSSR count). The number of hydrogen-bond donors (Lipinski definition) is 0. The Balaban J connectivity index is 2.76. The number of amides is 1. The number of hydrogen-bond acceptors (Lipinski definition) is 9. The molecule has 10 heteroatoms. The normalized spacial score (nSPS) is 14.2. The molecule has 168 valence electrons. The molecular weight excluding hydrogens is 410 g/mol. The number of carbonyl (C=O) groups is 5. The van der Waals surface area contributed by atoms with Crippen molar-refractivity contribution in [1.29, 1.82) is 0 Å². The molecule has 0 spiro atoms. The van der Waals surface area contributed by atoms with Crippen molar-refractivity contribution in [3.8, 4) is 0 Å². The van der Waals surface area contributed by atoms with Gasteiger partial charge in [0.05, 0.1) is 38.6 Å². The molecule has 1 aromatic rings. The van der Waals surface area contributed by atoms with Gasteiger partial charge in [0.15, 0.2) is 0 Å². The van der Waals surface area contributed by atoms with Gasteiger partial charge in [-0.1, -0.05) is 0 Å². The second-order valence-corrected chi connectivity index (χ2v) is 6.73. The zero-order valence-electron chi connectivity index (χ0n) is 18.1. The van der Waals surface area contributed by atoms with Crippen molar-refractivity contribution in [2.75, 3.05) is 27.4 Å². The number of nitrogens with zero attached hydrogens (tertiary/aromatic N) is 1. The average molecular weight is 435 g/mol. The zero-order valence-corrected chi connectivity index (χ0v) is 18.1. The van der Waals surface area contributed by atoms with Gasteiger partial charge in [-0.3, -0.25) is 4.79 Å². The smallest absolute Gasteiger partial charge is 0.344 e. The molecule has 1 aromatic carbocycles. The van der Waals surface area contributed by atoms with E-state index in [-0.39, 0.29) is 37.3 Å². The van der Waals surface area contributed by atoms with E-state index in [4.69, 9.17) is 18.9 Å². The predicted molar refractivity (Wildman–Crippen MR) is 105 cm³/mol. The lowest BCUT2D eigenvalue weighted by Crippen LogP contribution is -2.65. The van der Waals surface area contributed by atoms with E-state index >= 15 is 0 Å². The van der Waals surface area contributed by atoms with Crippen LogP contribution in [-0.2, 0) is 46.3 Å². The molecule has 0 unspecified atom stereocenters. The minimum Gasteiger partial charge on any atom is -0.465 e. The molecule has 0 saturated carbocycles. The van der Waals surface area contributed by atoms with E-state index in [0.717, 1.165) is 19.1 Å². The Kier molecular flexibility index (Phi) is 7.37. The summed E-state index contributed by atoms with van der Waals surface area (Å²) < 4.78 is 19.7. The van der Waals surface area contributed by atoms with Crippen LogP contribution >= 0.6 is 0 Å². The number of rotatable bonds is 6. The molecule has 0 aliphatic carbocycles. The minimum absolute atomic E-state index is 0.0206. The van der Waals surface area contributed by atoms with Crippen LogP contribution in [0.3, 0.4) is 0 Å². The summed E-state index contributed by atoms with van der Waals surface area (Å²) in [6.07, 6.45) is -0.301. The molecule has 0 bridgehead atoms. The van der Waals surface area contributed by atoms with Crippen molar-refractivity contribution in [3.05, 3.63) is 34.4 Å². The lowest BCUT2D eigenvalue weighted by atomic mass is 9.80. The summed E-state index contributed by atoms with van der Waals surface area (Å²) in [6, 6.07) is 2.75. The van der Waals surface area contributed by atoms with E-state index in [0.29, 0.717) is 11.1 Å². The lowest BCUT2D eigenvalue weighted by molar-refractivity contribution is -0.180. The first-order chi connectivity index (χ1) is 14.7. The Morgan fingerprint density at radius 1 is 0.871 bits per heavy atom. The van der Waals surface area contributed by atoms with Gasteiger partial charge in [0.2, 0.25) is 11.4 Å². The fourth-order valence-electron chi connectivity index (χ4n) is 3.56. The average Bonchev–Trinajstić information content (AvgIpc) is 2.76. The van der Waals surface area contributed by atoms with Gasteiger partial charge < -0.3 is 23.8 Å². The summed E-state index contributed by atoms with van der Waals surface area (Å²) in [5.74, 6) is -4.01. The quantitative estimate of drug-likeness (QED) is 0.366. The highest BCUT2D eigenvalue weighted by atomic mass is 16.6. The number of benzene rings is 1. The van der Waals surface area contributed by atoms with Crippen molar-refractivity contribution < 1.29 is 42.9 Å². The molecule has 0 aromatic heterocycles. The van der Waals surface area contributed by atoms with Gasteiger partial charge in [0, 0.05) is 19.9 Å². The van der Waals surface area contributed by atoms with Crippen LogP contribution in [0.5, 0.6) is 0 Å². The number of ether oxygens (including phenoxy) is 4. The standard InChI is InChI=1S/C21H25NO9/c1-6-30-19(26)21(20(27)31-7-2)10-13-8-15(17(24)28-4)16(18(25)29-5)9-14(13)11-22(21)12(3)23/h8-9H,6-7,10-11H2,1-5H3. The van der Waals surface area contributed by atoms with E-state index in [1.165, 1.54) is 19.1 Å². The second kappa shape index (κ2) is 9.59. The highest BCUT2D eigenvalue weighted by Crippen LogP contribution is 2.35. The number of esters is 4. The first-order valence-electron chi connectivity index (χ1n) is 9.62. The summed E-state index contributed by atoms with van der Waals surface area (Å²) >= 11 is 0. The van der Waals surface area contributed by atoms with Gasteiger partial charge in [0.25, 0.3) is 0 Å². The Labute approximate surface area is 179 Å². The summed E-state index contributed by atoms with van der Waals surface area (Å²) in [7, 11) is 2.32. The van der Waals surface area contributed by atoms with Gasteiger partial charge in [-0.05, 0) is 37.1 Å². The van der Waals surface area contributed by atoms with Crippen LogP contribution in [0.4, 0.5) is 0 Å². The van der Waals surface area contributed by atoms with Crippen LogP contribution in [0, 0.1) is 0 Å². The maximum Gasteiger partial charge on any atom is 0.344 e. The van der Waals surface area contributed by atoms with Crippen molar-refractivity contribution in [1.82, 2.24) is 4.90 Å². The monoisotopic (exact) mass is 435 g/mol. The molecular formula is C21H25NO9. The molecule has 10 nitrogen and oxygen atoms in total. The fraction of sp³-hybridized carbons (Fsp3) is 0.476. The maximum atomic E-state index is 13.0. The maximum absolute atomic E-state index is 13.0. The van der Waals surface area contributed by atoms with E-state index in [1.54, 1.807) is 13.8 Å². The predicted octanol–water partition coefficient (Wildman–Crippen LogP) is 1.03. The van der Waals surface area contributed by atoms with Crippen molar-refractivity contribution in [2.24, 2.45) is 0 Å². The Bertz CT molecular complexity index is 904. The first kappa shape index (κ1) is 23.8. The number of carbonyl (C=O) groups excluding carboxylic acids is 5. The third kappa shape index (κ3) is 4.23. The Morgan fingerprint density at radius 3 is 1.71 bits per heavy atom. The molecule has 1 heterocycles. The third-order valence-electron chi connectivity index (χ3n) is 4.99. The summed E-state index contributed by atoms with van der Waals surface area (Å²) in [5.41, 5.74) is -1.35. The second-order valence-electron chi connectivity index (χ2n) is 6.73. The highest BCUT2D eigenvalue weighted by Gasteiger charge is 2.57. The van der Waals surface area contributed by atoms with E-state index < -0.39 is 35.3 Å². The highest BCUT2D eigenvalue weighted by molar-refractivity contribution is 6.09. The van der Waals surface area contributed by atoms with Crippen molar-refractivity contribution in [3.63, 3.8) is 0 Å². The summed E-state index contributed by atoms with van der Waals surface area (Å²) in [4.78, 5) is 64.0. The molecule has 1 amide bonds. The van der Waals surface area contributed by atoms with Crippen LogP contribution in [0.1, 0.15) is 52.6 Å². The lowest BCUT2D eigenvalue weighted by Gasteiger charge is -2.43. The van der Waals surface area contributed by atoms with Gasteiger partial charge in [-0.2, -0.15) is 0 Å². The van der Waals surface area contributed by atoms with E-state index in [2.05, 4.69) is 0 Å². The largest absolute Gasteiger partial charge is 0.465 e. The zero-order chi connectivity index (χ0) is 23.3. The molecule has 0 N–H and O–H groups in total. The van der Waals surface area contributed by atoms with Gasteiger partial charge >= 0.3 is 23.9 Å². The number of methoxy groups -OCH3 is 2. The van der Waals surface area contributed by atoms with E-state index in [1.807, 2.05) is 0 Å². The Morgan fingerprint density at radius 2 is 1.32 bits per heavy atom. The van der Waals surface area contributed by atoms with Crippen LogP contribution < -0.4 is 0 Å². The topological polar surface area (TPSA) is 126 Å². The van der Waals surface area contributed by atoms with E-state index in [9.17, 15) is 24.0 Å².